The van der Waals surface area contributed by atoms with Gasteiger partial charge in [-0.15, -0.1) is 0 Å². The molecule has 3 nitrogen and oxygen atoms in total. The van der Waals surface area contributed by atoms with E-state index in [0.29, 0.717) is 17.5 Å². The number of hydrogen-bond acceptors (Lipinski definition) is 2. The van der Waals surface area contributed by atoms with Crippen LogP contribution in [-0.4, -0.2) is 23.7 Å². The minimum Gasteiger partial charge on any atom is -0.396 e. The molecule has 18 heavy (non-hydrogen) atoms. The summed E-state index contributed by atoms with van der Waals surface area (Å²) >= 11 is 0. The van der Waals surface area contributed by atoms with Crippen molar-refractivity contribution in [3.8, 4) is 0 Å². The second-order valence-electron chi connectivity index (χ2n) is 4.61. The molecule has 1 aliphatic rings. The first-order chi connectivity index (χ1) is 8.60. The van der Waals surface area contributed by atoms with Gasteiger partial charge >= 0.3 is 0 Å². The molecule has 0 fully saturated rings. The number of rotatable bonds is 3. The summed E-state index contributed by atoms with van der Waals surface area (Å²) in [4.78, 5) is 11.9. The molecule has 0 aliphatic heterocycles. The Labute approximate surface area is 105 Å². The van der Waals surface area contributed by atoms with Crippen LogP contribution < -0.4 is 5.32 Å². The molecule has 1 aromatic rings. The van der Waals surface area contributed by atoms with Crippen LogP contribution in [0.5, 0.6) is 0 Å². The van der Waals surface area contributed by atoms with Crippen LogP contribution in [-0.2, 0) is 0 Å². The molecule has 1 aromatic carbocycles. The maximum absolute atomic E-state index is 13.3. The van der Waals surface area contributed by atoms with E-state index in [4.69, 9.17) is 5.11 Å². The van der Waals surface area contributed by atoms with Gasteiger partial charge in [0.1, 0.15) is 5.82 Å². The molecule has 0 spiro atoms. The van der Waals surface area contributed by atoms with Gasteiger partial charge in [0.25, 0.3) is 5.91 Å². The first-order valence-electron chi connectivity index (χ1n) is 5.96. The molecule has 0 bridgehead atoms. The Kier molecular flexibility index (Phi) is 3.77. The van der Waals surface area contributed by atoms with Crippen LogP contribution in [0.25, 0.3) is 0 Å². The summed E-state index contributed by atoms with van der Waals surface area (Å²) < 4.78 is 13.3. The van der Waals surface area contributed by atoms with Gasteiger partial charge in [0.05, 0.1) is 0 Å². The maximum atomic E-state index is 13.3. The van der Waals surface area contributed by atoms with Crippen molar-refractivity contribution in [2.24, 2.45) is 5.92 Å². The monoisotopic (exact) mass is 249 g/mol. The first kappa shape index (κ1) is 12.8. The fourth-order valence-electron chi connectivity index (χ4n) is 2.00. The molecular weight excluding hydrogens is 233 g/mol. The lowest BCUT2D eigenvalue weighted by Crippen LogP contribution is -2.33. The molecule has 0 heterocycles. The summed E-state index contributed by atoms with van der Waals surface area (Å²) in [5, 5.41) is 11.8. The summed E-state index contributed by atoms with van der Waals surface area (Å²) in [6, 6.07) is 4.35. The van der Waals surface area contributed by atoms with Gasteiger partial charge in [-0.1, -0.05) is 18.2 Å². The fourth-order valence-corrected chi connectivity index (χ4v) is 2.00. The molecule has 1 aliphatic carbocycles. The highest BCUT2D eigenvalue weighted by Gasteiger charge is 2.20. The van der Waals surface area contributed by atoms with Crippen molar-refractivity contribution in [1.29, 1.82) is 0 Å². The van der Waals surface area contributed by atoms with Crippen molar-refractivity contribution in [3.63, 3.8) is 0 Å². The Morgan fingerprint density at radius 1 is 1.50 bits per heavy atom. The molecule has 2 rings (SSSR count). The van der Waals surface area contributed by atoms with E-state index in [9.17, 15) is 9.18 Å². The fraction of sp³-hybridized carbons (Fsp3) is 0.357. The Balaban J connectivity index is 2.00. The molecule has 0 unspecified atom stereocenters. The minimum atomic E-state index is -0.377. The van der Waals surface area contributed by atoms with E-state index < -0.39 is 0 Å². The highest BCUT2D eigenvalue weighted by molar-refractivity contribution is 5.94. The Hall–Kier alpha value is -1.68. The standard InChI is InChI=1S/C14H16FNO2/c1-9-2-4-11(7-13(9)15)14(18)16-12-5-3-10(6-12)8-17/h2-5,7,10,12,17H,6,8H2,1H3,(H,16,18)/t10-,12+/m0/s1. The number of amides is 1. The molecule has 0 radical (unpaired) electrons. The first-order valence-corrected chi connectivity index (χ1v) is 5.96. The molecule has 0 aromatic heterocycles. The Bertz CT molecular complexity index is 485. The van der Waals surface area contributed by atoms with Crippen LogP contribution in [0, 0.1) is 18.7 Å². The summed E-state index contributed by atoms with van der Waals surface area (Å²) in [7, 11) is 0. The molecule has 0 saturated carbocycles. The zero-order valence-electron chi connectivity index (χ0n) is 10.2. The van der Waals surface area contributed by atoms with Gasteiger partial charge in [0.15, 0.2) is 0 Å². The number of carbonyl (C=O) groups excluding carboxylic acids is 1. The lowest BCUT2D eigenvalue weighted by molar-refractivity contribution is 0.0940. The van der Waals surface area contributed by atoms with Crippen molar-refractivity contribution in [2.75, 3.05) is 6.61 Å². The lowest BCUT2D eigenvalue weighted by atomic mass is 10.1. The van der Waals surface area contributed by atoms with Gasteiger partial charge in [-0.05, 0) is 31.0 Å². The number of benzene rings is 1. The van der Waals surface area contributed by atoms with Crippen molar-refractivity contribution < 1.29 is 14.3 Å². The third-order valence-electron chi connectivity index (χ3n) is 3.16. The van der Waals surface area contributed by atoms with E-state index in [1.165, 1.54) is 6.07 Å². The smallest absolute Gasteiger partial charge is 0.251 e. The highest BCUT2D eigenvalue weighted by Crippen LogP contribution is 2.17. The number of hydrogen-bond donors (Lipinski definition) is 2. The molecule has 2 atom stereocenters. The molecule has 4 heteroatoms. The van der Waals surface area contributed by atoms with Crippen molar-refractivity contribution in [3.05, 3.63) is 47.3 Å². The van der Waals surface area contributed by atoms with Gasteiger partial charge in [-0.2, -0.15) is 0 Å². The SMILES string of the molecule is Cc1ccc(C(=O)N[C@@H]2C=C[C@H](CO)C2)cc1F. The number of halogens is 1. The third-order valence-corrected chi connectivity index (χ3v) is 3.16. The molecule has 2 N–H and O–H groups in total. The zero-order chi connectivity index (χ0) is 13.1. The third kappa shape index (κ3) is 2.76. The van der Waals surface area contributed by atoms with Gasteiger partial charge < -0.3 is 10.4 Å². The summed E-state index contributed by atoms with van der Waals surface area (Å²) in [5.41, 5.74) is 0.839. The van der Waals surface area contributed by atoms with E-state index in [-0.39, 0.29) is 30.3 Å². The predicted molar refractivity (Wildman–Crippen MR) is 66.7 cm³/mol. The van der Waals surface area contributed by atoms with E-state index in [2.05, 4.69) is 5.32 Å². The van der Waals surface area contributed by atoms with Gasteiger partial charge in [0.2, 0.25) is 0 Å². The normalized spacial score (nSPS) is 22.2. The zero-order valence-corrected chi connectivity index (χ0v) is 10.2. The topological polar surface area (TPSA) is 49.3 Å². The van der Waals surface area contributed by atoms with Gasteiger partial charge in [-0.25, -0.2) is 4.39 Å². The molecule has 1 amide bonds. The molecule has 0 saturated heterocycles. The minimum absolute atomic E-state index is 0.0842. The number of aryl methyl sites for hydroxylation is 1. The summed E-state index contributed by atoms with van der Waals surface area (Å²) in [6.07, 6.45) is 4.45. The second kappa shape index (κ2) is 5.31. The Morgan fingerprint density at radius 2 is 2.28 bits per heavy atom. The van der Waals surface area contributed by atoms with Gasteiger partial charge in [-0.3, -0.25) is 4.79 Å². The van der Waals surface area contributed by atoms with E-state index >= 15 is 0 Å². The number of aliphatic hydroxyl groups excluding tert-OH is 1. The average molecular weight is 249 g/mol. The largest absolute Gasteiger partial charge is 0.396 e. The van der Waals surface area contributed by atoms with Crippen LogP contribution >= 0.6 is 0 Å². The van der Waals surface area contributed by atoms with E-state index in [0.717, 1.165) is 0 Å². The van der Waals surface area contributed by atoms with Crippen molar-refractivity contribution >= 4 is 5.91 Å². The Morgan fingerprint density at radius 3 is 2.89 bits per heavy atom. The predicted octanol–water partition coefficient (Wildman–Crippen LogP) is 1.80. The van der Waals surface area contributed by atoms with Crippen molar-refractivity contribution in [1.82, 2.24) is 5.32 Å². The highest BCUT2D eigenvalue weighted by atomic mass is 19.1. The lowest BCUT2D eigenvalue weighted by Gasteiger charge is -2.13. The summed E-state index contributed by atoms with van der Waals surface area (Å²) in [6.45, 7) is 1.74. The number of aliphatic hydroxyl groups is 1. The average Bonchev–Trinajstić information content (AvgIpc) is 2.80. The summed E-state index contributed by atoms with van der Waals surface area (Å²) in [5.74, 6) is -0.565. The van der Waals surface area contributed by atoms with Gasteiger partial charge in [0, 0.05) is 24.1 Å². The van der Waals surface area contributed by atoms with E-state index in [1.54, 1.807) is 19.1 Å². The van der Waals surface area contributed by atoms with Crippen LogP contribution in [0.2, 0.25) is 0 Å². The quantitative estimate of drug-likeness (QED) is 0.802. The second-order valence-corrected chi connectivity index (χ2v) is 4.61. The maximum Gasteiger partial charge on any atom is 0.251 e. The van der Waals surface area contributed by atoms with Crippen LogP contribution in [0.4, 0.5) is 4.39 Å². The van der Waals surface area contributed by atoms with Crippen LogP contribution in [0.15, 0.2) is 30.4 Å². The molecular formula is C14H16FNO2. The van der Waals surface area contributed by atoms with E-state index in [1.807, 2.05) is 12.2 Å². The van der Waals surface area contributed by atoms with Crippen LogP contribution in [0.1, 0.15) is 22.3 Å². The number of nitrogens with one attached hydrogen (secondary N) is 1. The van der Waals surface area contributed by atoms with Crippen LogP contribution in [0.3, 0.4) is 0 Å². The van der Waals surface area contributed by atoms with Crippen molar-refractivity contribution in [2.45, 2.75) is 19.4 Å². The molecule has 96 valence electrons. The number of carbonyl (C=O) groups is 1.